The highest BCUT2D eigenvalue weighted by Crippen LogP contribution is 2.29. The summed E-state index contributed by atoms with van der Waals surface area (Å²) in [5.41, 5.74) is 1.15. The first-order chi connectivity index (χ1) is 10.7. The van der Waals surface area contributed by atoms with Crippen molar-refractivity contribution in [2.45, 2.75) is 57.7 Å². The second-order valence-corrected chi connectivity index (χ2v) is 6.45. The fourth-order valence-electron chi connectivity index (χ4n) is 3.67. The molecule has 2 saturated heterocycles. The summed E-state index contributed by atoms with van der Waals surface area (Å²) < 4.78 is 6.01. The molecule has 3 rings (SSSR count). The van der Waals surface area contributed by atoms with Crippen LogP contribution in [0.15, 0.2) is 24.3 Å². The lowest BCUT2D eigenvalue weighted by molar-refractivity contribution is -0.141. The number of rotatable bonds is 4. The molecule has 2 aliphatic rings. The minimum absolute atomic E-state index is 0.167. The molecule has 0 aliphatic carbocycles. The molecule has 0 radical (unpaired) electrons. The van der Waals surface area contributed by atoms with Gasteiger partial charge >= 0.3 is 0 Å². The molecule has 22 heavy (non-hydrogen) atoms. The summed E-state index contributed by atoms with van der Waals surface area (Å²) in [4.78, 5) is 15.1. The third-order valence-corrected chi connectivity index (χ3v) is 4.82. The fraction of sp³-hybridized carbons (Fsp3) is 0.611. The zero-order valence-electron chi connectivity index (χ0n) is 13.5. The van der Waals surface area contributed by atoms with Crippen molar-refractivity contribution in [1.29, 1.82) is 0 Å². The number of carbonyl (C=O) groups is 1. The molecule has 4 heteroatoms. The van der Waals surface area contributed by atoms with Gasteiger partial charge in [-0.3, -0.25) is 4.79 Å². The molecule has 120 valence electrons. The van der Waals surface area contributed by atoms with Gasteiger partial charge in [-0.05, 0) is 56.8 Å². The van der Waals surface area contributed by atoms with Gasteiger partial charge in [0.1, 0.15) is 5.75 Å². The Hall–Kier alpha value is -1.55. The standard InChI is InChI=1S/C18H26N2O2/c1-3-17(22-16-6-4-5-13(2)11-16)18(21)20-14-7-8-15(20)12-19-10-9-14/h4-6,11,14-15,17,19H,3,7-10,12H2,1-2H3. The van der Waals surface area contributed by atoms with Gasteiger partial charge in [-0.1, -0.05) is 19.1 Å². The number of nitrogens with one attached hydrogen (secondary N) is 1. The van der Waals surface area contributed by atoms with Crippen molar-refractivity contribution in [3.8, 4) is 5.75 Å². The van der Waals surface area contributed by atoms with Gasteiger partial charge in [0, 0.05) is 18.6 Å². The van der Waals surface area contributed by atoms with E-state index in [9.17, 15) is 4.79 Å². The molecule has 0 saturated carbocycles. The minimum atomic E-state index is -0.372. The van der Waals surface area contributed by atoms with Crippen molar-refractivity contribution in [3.63, 3.8) is 0 Å². The van der Waals surface area contributed by atoms with Crippen LogP contribution >= 0.6 is 0 Å². The maximum Gasteiger partial charge on any atom is 0.264 e. The SMILES string of the molecule is CCC(Oc1cccc(C)c1)C(=O)N1C2CCNCC1CC2. The number of hydrogen-bond donors (Lipinski definition) is 1. The number of amides is 1. The number of nitrogens with zero attached hydrogens (tertiary/aromatic N) is 1. The lowest BCUT2D eigenvalue weighted by Gasteiger charge is -2.31. The quantitative estimate of drug-likeness (QED) is 0.929. The second-order valence-electron chi connectivity index (χ2n) is 6.45. The highest BCUT2D eigenvalue weighted by molar-refractivity contribution is 5.82. The lowest BCUT2D eigenvalue weighted by Crippen LogP contribution is -2.48. The molecular formula is C18H26N2O2. The van der Waals surface area contributed by atoms with E-state index >= 15 is 0 Å². The summed E-state index contributed by atoms with van der Waals surface area (Å²) in [5.74, 6) is 0.959. The molecule has 0 spiro atoms. The Labute approximate surface area is 132 Å². The number of fused-ring (bicyclic) bond motifs is 2. The smallest absolute Gasteiger partial charge is 0.264 e. The van der Waals surface area contributed by atoms with Crippen LogP contribution in [0.4, 0.5) is 0 Å². The molecule has 4 nitrogen and oxygen atoms in total. The number of benzene rings is 1. The van der Waals surface area contributed by atoms with Crippen LogP contribution in [-0.4, -0.2) is 42.1 Å². The van der Waals surface area contributed by atoms with Crippen LogP contribution in [0.2, 0.25) is 0 Å². The van der Waals surface area contributed by atoms with E-state index in [0.29, 0.717) is 18.5 Å². The summed E-state index contributed by atoms with van der Waals surface area (Å²) in [5, 5.41) is 3.44. The van der Waals surface area contributed by atoms with E-state index in [1.54, 1.807) is 0 Å². The van der Waals surface area contributed by atoms with Crippen molar-refractivity contribution in [2.75, 3.05) is 13.1 Å². The number of ether oxygens (including phenoxy) is 1. The van der Waals surface area contributed by atoms with Crippen LogP contribution < -0.4 is 10.1 Å². The van der Waals surface area contributed by atoms with Crippen molar-refractivity contribution < 1.29 is 9.53 Å². The zero-order chi connectivity index (χ0) is 15.5. The predicted octanol–water partition coefficient (Wildman–Crippen LogP) is 2.51. The molecule has 1 aromatic rings. The molecule has 3 unspecified atom stereocenters. The van der Waals surface area contributed by atoms with E-state index in [4.69, 9.17) is 4.74 Å². The van der Waals surface area contributed by atoms with E-state index in [2.05, 4.69) is 10.2 Å². The average molecular weight is 302 g/mol. The largest absolute Gasteiger partial charge is 0.481 e. The van der Waals surface area contributed by atoms with Crippen LogP contribution in [0.1, 0.15) is 38.2 Å². The number of hydrogen-bond acceptors (Lipinski definition) is 3. The summed E-state index contributed by atoms with van der Waals surface area (Å²) >= 11 is 0. The van der Waals surface area contributed by atoms with Crippen LogP contribution in [0.3, 0.4) is 0 Å². The van der Waals surface area contributed by atoms with Crippen LogP contribution in [0.5, 0.6) is 5.75 Å². The molecule has 1 N–H and O–H groups in total. The second kappa shape index (κ2) is 6.69. The van der Waals surface area contributed by atoms with Gasteiger partial charge in [0.2, 0.25) is 0 Å². The lowest BCUT2D eigenvalue weighted by atomic mass is 10.1. The summed E-state index contributed by atoms with van der Waals surface area (Å²) in [6.45, 7) is 6.00. The number of aryl methyl sites for hydroxylation is 1. The van der Waals surface area contributed by atoms with Gasteiger partial charge in [-0.15, -0.1) is 0 Å². The van der Waals surface area contributed by atoms with Crippen molar-refractivity contribution in [2.24, 2.45) is 0 Å². The van der Waals surface area contributed by atoms with E-state index in [-0.39, 0.29) is 12.0 Å². The first kappa shape index (κ1) is 15.3. The molecule has 0 aromatic heterocycles. The van der Waals surface area contributed by atoms with Crippen LogP contribution in [0.25, 0.3) is 0 Å². The van der Waals surface area contributed by atoms with Gasteiger partial charge in [0.05, 0.1) is 0 Å². The number of carbonyl (C=O) groups excluding carboxylic acids is 1. The normalized spacial score (nSPS) is 25.6. The predicted molar refractivity (Wildman–Crippen MR) is 87.0 cm³/mol. The molecule has 2 fully saturated rings. The average Bonchev–Trinajstić information content (AvgIpc) is 2.77. The van der Waals surface area contributed by atoms with Gasteiger partial charge in [-0.25, -0.2) is 0 Å². The highest BCUT2D eigenvalue weighted by atomic mass is 16.5. The zero-order valence-corrected chi connectivity index (χ0v) is 13.5. The van der Waals surface area contributed by atoms with Gasteiger partial charge < -0.3 is 15.0 Å². The van der Waals surface area contributed by atoms with E-state index in [0.717, 1.165) is 43.7 Å². The Morgan fingerprint density at radius 3 is 2.95 bits per heavy atom. The molecule has 2 heterocycles. The van der Waals surface area contributed by atoms with Gasteiger partial charge in [0.25, 0.3) is 5.91 Å². The first-order valence-corrected chi connectivity index (χ1v) is 8.45. The molecule has 3 atom stereocenters. The first-order valence-electron chi connectivity index (χ1n) is 8.45. The molecule has 1 amide bonds. The van der Waals surface area contributed by atoms with E-state index in [1.807, 2.05) is 38.1 Å². The maximum atomic E-state index is 13.0. The third-order valence-electron chi connectivity index (χ3n) is 4.82. The van der Waals surface area contributed by atoms with Crippen molar-refractivity contribution in [1.82, 2.24) is 10.2 Å². The van der Waals surface area contributed by atoms with Crippen molar-refractivity contribution in [3.05, 3.63) is 29.8 Å². The Balaban J connectivity index is 1.74. The van der Waals surface area contributed by atoms with E-state index < -0.39 is 0 Å². The fourth-order valence-corrected chi connectivity index (χ4v) is 3.67. The Morgan fingerprint density at radius 2 is 2.18 bits per heavy atom. The van der Waals surface area contributed by atoms with Gasteiger partial charge in [-0.2, -0.15) is 0 Å². The Kier molecular flexibility index (Phi) is 4.67. The third kappa shape index (κ3) is 3.12. The minimum Gasteiger partial charge on any atom is -0.481 e. The summed E-state index contributed by atoms with van der Waals surface area (Å²) in [6.07, 6.45) is 3.64. The highest BCUT2D eigenvalue weighted by Gasteiger charge is 2.40. The summed E-state index contributed by atoms with van der Waals surface area (Å²) in [7, 11) is 0. The Bertz CT molecular complexity index is 518. The van der Waals surface area contributed by atoms with Crippen molar-refractivity contribution >= 4 is 5.91 Å². The van der Waals surface area contributed by atoms with E-state index in [1.165, 1.54) is 0 Å². The molecule has 2 aliphatic heterocycles. The monoisotopic (exact) mass is 302 g/mol. The maximum absolute atomic E-state index is 13.0. The van der Waals surface area contributed by atoms with Gasteiger partial charge in [0.15, 0.2) is 6.10 Å². The Morgan fingerprint density at radius 1 is 1.36 bits per heavy atom. The molecule has 2 bridgehead atoms. The van der Waals surface area contributed by atoms with Crippen LogP contribution in [-0.2, 0) is 4.79 Å². The molecular weight excluding hydrogens is 276 g/mol. The van der Waals surface area contributed by atoms with Crippen LogP contribution in [0, 0.1) is 6.92 Å². The topological polar surface area (TPSA) is 41.6 Å². The molecule has 1 aromatic carbocycles. The summed E-state index contributed by atoms with van der Waals surface area (Å²) in [6, 6.07) is 8.67.